The molecule has 0 amide bonds. The minimum absolute atomic E-state index is 0.351. The van der Waals surface area contributed by atoms with Crippen LogP contribution in [-0.4, -0.2) is 26.3 Å². The van der Waals surface area contributed by atoms with Gasteiger partial charge in [0.1, 0.15) is 0 Å². The van der Waals surface area contributed by atoms with Gasteiger partial charge in [-0.25, -0.2) is 4.72 Å². The van der Waals surface area contributed by atoms with E-state index in [9.17, 15) is 8.42 Å². The molecule has 6 heteroatoms. The average molecular weight is 271 g/mol. The quantitative estimate of drug-likeness (QED) is 0.771. The van der Waals surface area contributed by atoms with Gasteiger partial charge in [0.05, 0.1) is 0 Å². The van der Waals surface area contributed by atoms with Gasteiger partial charge >= 0.3 is 0 Å². The van der Waals surface area contributed by atoms with E-state index in [0.717, 1.165) is 17.5 Å². The molecule has 0 aliphatic carbocycles. The van der Waals surface area contributed by atoms with Gasteiger partial charge in [-0.15, -0.1) is 0 Å². The van der Waals surface area contributed by atoms with Crippen molar-refractivity contribution >= 4 is 10.2 Å². The van der Waals surface area contributed by atoms with Crippen molar-refractivity contribution in [1.82, 2.24) is 9.03 Å². The average Bonchev–Trinajstić information content (AvgIpc) is 2.37. The van der Waals surface area contributed by atoms with E-state index in [4.69, 9.17) is 5.73 Å². The van der Waals surface area contributed by atoms with Crippen LogP contribution in [0.3, 0.4) is 0 Å². The van der Waals surface area contributed by atoms with Gasteiger partial charge < -0.3 is 5.73 Å². The highest BCUT2D eigenvalue weighted by Gasteiger charge is 2.16. The minimum atomic E-state index is -3.38. The highest BCUT2D eigenvalue weighted by atomic mass is 32.2. The molecule has 0 saturated heterocycles. The van der Waals surface area contributed by atoms with Crippen LogP contribution in [0.15, 0.2) is 24.3 Å². The lowest BCUT2D eigenvalue weighted by molar-refractivity contribution is 0.455. The Labute approximate surface area is 109 Å². The molecule has 0 saturated carbocycles. The second-order valence-corrected chi connectivity index (χ2v) is 6.04. The maximum atomic E-state index is 11.8. The maximum Gasteiger partial charge on any atom is 0.279 e. The molecule has 0 bridgehead atoms. The van der Waals surface area contributed by atoms with Crippen molar-refractivity contribution in [1.29, 1.82) is 0 Å². The Balaban J connectivity index is 2.65. The van der Waals surface area contributed by atoms with Gasteiger partial charge in [0.2, 0.25) is 0 Å². The normalized spacial score (nSPS) is 12.0. The predicted molar refractivity (Wildman–Crippen MR) is 73.0 cm³/mol. The highest BCUT2D eigenvalue weighted by Crippen LogP contribution is 2.08. The standard InChI is InChI=1S/C12H21N3O2S/c1-3-8-14-18(16,17)15(2)10-12-6-4-11(9-13)5-7-12/h4-7,14H,3,8-10,13H2,1-2H3. The van der Waals surface area contributed by atoms with Crippen molar-refractivity contribution < 1.29 is 8.42 Å². The molecular formula is C12H21N3O2S. The lowest BCUT2D eigenvalue weighted by Crippen LogP contribution is -2.38. The van der Waals surface area contributed by atoms with Crippen molar-refractivity contribution in [3.8, 4) is 0 Å². The second kappa shape index (κ2) is 6.84. The monoisotopic (exact) mass is 271 g/mol. The largest absolute Gasteiger partial charge is 0.326 e. The molecule has 0 radical (unpaired) electrons. The van der Waals surface area contributed by atoms with Crippen molar-refractivity contribution in [2.75, 3.05) is 13.6 Å². The van der Waals surface area contributed by atoms with E-state index in [0.29, 0.717) is 19.6 Å². The number of nitrogens with zero attached hydrogens (tertiary/aromatic N) is 1. The van der Waals surface area contributed by atoms with Crippen LogP contribution in [0.25, 0.3) is 0 Å². The van der Waals surface area contributed by atoms with Crippen molar-refractivity contribution in [3.63, 3.8) is 0 Å². The Morgan fingerprint density at radius 3 is 2.28 bits per heavy atom. The summed E-state index contributed by atoms with van der Waals surface area (Å²) in [7, 11) is -1.81. The zero-order valence-corrected chi connectivity index (χ0v) is 11.7. The molecule has 0 aliphatic heterocycles. The van der Waals surface area contributed by atoms with Crippen LogP contribution in [-0.2, 0) is 23.3 Å². The van der Waals surface area contributed by atoms with Crippen molar-refractivity contribution in [2.24, 2.45) is 5.73 Å². The van der Waals surface area contributed by atoms with E-state index < -0.39 is 10.2 Å². The summed E-state index contributed by atoms with van der Waals surface area (Å²) in [5.74, 6) is 0. The number of hydrogen-bond acceptors (Lipinski definition) is 3. The Kier molecular flexibility index (Phi) is 5.74. The molecular weight excluding hydrogens is 250 g/mol. The van der Waals surface area contributed by atoms with Gasteiger partial charge in [0, 0.05) is 26.7 Å². The second-order valence-electron chi connectivity index (χ2n) is 4.18. The first-order valence-corrected chi connectivity index (χ1v) is 7.42. The van der Waals surface area contributed by atoms with Crippen LogP contribution in [0.5, 0.6) is 0 Å². The Morgan fingerprint density at radius 2 is 1.78 bits per heavy atom. The van der Waals surface area contributed by atoms with Crippen LogP contribution < -0.4 is 10.5 Å². The number of benzene rings is 1. The number of hydrogen-bond donors (Lipinski definition) is 2. The summed E-state index contributed by atoms with van der Waals surface area (Å²) in [6.45, 7) is 3.23. The summed E-state index contributed by atoms with van der Waals surface area (Å²) in [5.41, 5.74) is 7.49. The van der Waals surface area contributed by atoms with Crippen molar-refractivity contribution in [2.45, 2.75) is 26.4 Å². The lowest BCUT2D eigenvalue weighted by Gasteiger charge is -2.17. The number of nitrogens with two attached hydrogens (primary N) is 1. The maximum absolute atomic E-state index is 11.8. The molecule has 102 valence electrons. The summed E-state index contributed by atoms with van der Waals surface area (Å²) < 4.78 is 27.5. The molecule has 0 heterocycles. The van der Waals surface area contributed by atoms with Crippen LogP contribution in [0.1, 0.15) is 24.5 Å². The van der Waals surface area contributed by atoms with Gasteiger partial charge in [-0.3, -0.25) is 0 Å². The molecule has 0 aromatic heterocycles. The molecule has 1 aromatic rings. The molecule has 0 aliphatic rings. The SMILES string of the molecule is CCCNS(=O)(=O)N(C)Cc1ccc(CN)cc1. The fourth-order valence-electron chi connectivity index (χ4n) is 1.46. The number of rotatable bonds is 7. The van der Waals surface area contributed by atoms with Gasteiger partial charge in [-0.2, -0.15) is 12.7 Å². The molecule has 0 unspecified atom stereocenters. The Morgan fingerprint density at radius 1 is 1.22 bits per heavy atom. The molecule has 0 fully saturated rings. The molecule has 18 heavy (non-hydrogen) atoms. The fraction of sp³-hybridized carbons (Fsp3) is 0.500. The first kappa shape index (κ1) is 15.1. The van der Waals surface area contributed by atoms with Gasteiger partial charge in [-0.1, -0.05) is 31.2 Å². The first-order chi connectivity index (χ1) is 8.49. The summed E-state index contributed by atoms with van der Waals surface area (Å²) in [5, 5.41) is 0. The van der Waals surface area contributed by atoms with Gasteiger partial charge in [-0.05, 0) is 17.5 Å². The van der Waals surface area contributed by atoms with Crippen LogP contribution in [0, 0.1) is 0 Å². The molecule has 5 nitrogen and oxygen atoms in total. The Bertz CT molecular complexity index is 457. The van der Waals surface area contributed by atoms with E-state index in [2.05, 4.69) is 4.72 Å². The van der Waals surface area contributed by atoms with E-state index in [1.54, 1.807) is 7.05 Å². The highest BCUT2D eigenvalue weighted by molar-refractivity contribution is 7.87. The van der Waals surface area contributed by atoms with Crippen LogP contribution in [0.4, 0.5) is 0 Å². The van der Waals surface area contributed by atoms with E-state index in [-0.39, 0.29) is 0 Å². The van der Waals surface area contributed by atoms with Gasteiger partial charge in [0.15, 0.2) is 0 Å². The predicted octanol–water partition coefficient (Wildman–Crippen LogP) is 0.822. The van der Waals surface area contributed by atoms with E-state index >= 15 is 0 Å². The zero-order chi connectivity index (χ0) is 13.6. The third-order valence-corrected chi connectivity index (χ3v) is 4.13. The van der Waals surface area contributed by atoms with Crippen molar-refractivity contribution in [3.05, 3.63) is 35.4 Å². The summed E-state index contributed by atoms with van der Waals surface area (Å²) in [4.78, 5) is 0. The zero-order valence-electron chi connectivity index (χ0n) is 10.9. The van der Waals surface area contributed by atoms with Crippen LogP contribution >= 0.6 is 0 Å². The first-order valence-electron chi connectivity index (χ1n) is 5.98. The third-order valence-electron chi connectivity index (χ3n) is 2.61. The smallest absolute Gasteiger partial charge is 0.279 e. The molecule has 0 atom stereocenters. The lowest BCUT2D eigenvalue weighted by atomic mass is 10.1. The molecule has 3 N–H and O–H groups in total. The van der Waals surface area contributed by atoms with E-state index in [1.807, 2.05) is 31.2 Å². The fourth-order valence-corrected chi connectivity index (χ4v) is 2.47. The summed E-state index contributed by atoms with van der Waals surface area (Å²) in [6.07, 6.45) is 0.776. The van der Waals surface area contributed by atoms with Crippen LogP contribution in [0.2, 0.25) is 0 Å². The topological polar surface area (TPSA) is 75.4 Å². The molecule has 1 aromatic carbocycles. The summed E-state index contributed by atoms with van der Waals surface area (Å²) in [6, 6.07) is 7.62. The number of nitrogens with one attached hydrogen (secondary N) is 1. The molecule has 1 rings (SSSR count). The minimum Gasteiger partial charge on any atom is -0.326 e. The third kappa shape index (κ3) is 4.38. The van der Waals surface area contributed by atoms with Gasteiger partial charge in [0.25, 0.3) is 10.2 Å². The molecule has 0 spiro atoms. The Hall–Kier alpha value is -0.950. The van der Waals surface area contributed by atoms with E-state index in [1.165, 1.54) is 4.31 Å². The summed E-state index contributed by atoms with van der Waals surface area (Å²) >= 11 is 0.